The fourth-order valence-corrected chi connectivity index (χ4v) is 4.18. The molecule has 0 atom stereocenters. The summed E-state index contributed by atoms with van der Waals surface area (Å²) in [7, 11) is -2.01. The molecule has 0 aliphatic carbocycles. The summed E-state index contributed by atoms with van der Waals surface area (Å²) in [5.41, 5.74) is -0.454. The molecule has 0 radical (unpaired) electrons. The topological polar surface area (TPSA) is 66.9 Å². The monoisotopic (exact) mass is 354 g/mol. The van der Waals surface area contributed by atoms with Crippen molar-refractivity contribution in [2.45, 2.75) is 32.1 Å². The first-order valence-electron chi connectivity index (χ1n) is 8.10. The number of hydrogen-bond acceptors (Lipinski definition) is 4. The zero-order chi connectivity index (χ0) is 18.0. The van der Waals surface area contributed by atoms with Gasteiger partial charge in [0.05, 0.1) is 12.0 Å². The van der Waals surface area contributed by atoms with E-state index in [0.29, 0.717) is 38.3 Å². The Morgan fingerprint density at radius 1 is 1.04 bits per heavy atom. The van der Waals surface area contributed by atoms with Crippen molar-refractivity contribution >= 4 is 15.9 Å². The standard InChI is InChI=1S/C17H26N2O4S/c1-17(2,3)16(20)18-10-5-11-19(13-12-18)24(21,22)15-8-6-14(23-4)7-9-15/h6-9H,5,10-13H2,1-4H3. The number of carbonyl (C=O) groups is 1. The van der Waals surface area contributed by atoms with Crippen molar-refractivity contribution in [3.63, 3.8) is 0 Å². The van der Waals surface area contributed by atoms with Crippen molar-refractivity contribution < 1.29 is 17.9 Å². The van der Waals surface area contributed by atoms with Crippen LogP contribution in [0.4, 0.5) is 0 Å². The molecule has 0 bridgehead atoms. The third-order valence-corrected chi connectivity index (χ3v) is 5.99. The second kappa shape index (κ2) is 7.11. The fourth-order valence-electron chi connectivity index (χ4n) is 2.71. The molecule has 0 spiro atoms. The number of benzene rings is 1. The minimum absolute atomic E-state index is 0.0613. The maximum Gasteiger partial charge on any atom is 0.243 e. The van der Waals surface area contributed by atoms with Gasteiger partial charge in [-0.1, -0.05) is 20.8 Å². The number of nitrogens with zero attached hydrogens (tertiary/aromatic N) is 2. The SMILES string of the molecule is COc1ccc(S(=O)(=O)N2CCCN(C(=O)C(C)(C)C)CC2)cc1. The Morgan fingerprint density at radius 3 is 2.21 bits per heavy atom. The summed E-state index contributed by atoms with van der Waals surface area (Å²) >= 11 is 0. The van der Waals surface area contributed by atoms with Gasteiger partial charge in [0.2, 0.25) is 15.9 Å². The summed E-state index contributed by atoms with van der Waals surface area (Å²) in [6.45, 7) is 7.39. The van der Waals surface area contributed by atoms with Crippen molar-refractivity contribution in [1.29, 1.82) is 0 Å². The zero-order valence-electron chi connectivity index (χ0n) is 14.8. The van der Waals surface area contributed by atoms with E-state index >= 15 is 0 Å². The number of carbonyl (C=O) groups excluding carboxylic acids is 1. The van der Waals surface area contributed by atoms with Gasteiger partial charge in [0, 0.05) is 31.6 Å². The first-order valence-corrected chi connectivity index (χ1v) is 9.54. The van der Waals surface area contributed by atoms with Crippen LogP contribution in [0.25, 0.3) is 0 Å². The van der Waals surface area contributed by atoms with E-state index in [9.17, 15) is 13.2 Å². The zero-order valence-corrected chi connectivity index (χ0v) is 15.6. The van der Waals surface area contributed by atoms with E-state index in [1.807, 2.05) is 20.8 Å². The Bertz CT molecular complexity index is 678. The maximum atomic E-state index is 12.8. The Labute approximate surface area is 144 Å². The lowest BCUT2D eigenvalue weighted by Gasteiger charge is -2.28. The Morgan fingerprint density at radius 2 is 1.67 bits per heavy atom. The van der Waals surface area contributed by atoms with Crippen molar-refractivity contribution in [3.05, 3.63) is 24.3 Å². The normalized spacial score (nSPS) is 17.4. The van der Waals surface area contributed by atoms with Crippen LogP contribution in [0, 0.1) is 5.41 Å². The third-order valence-electron chi connectivity index (χ3n) is 4.08. The van der Waals surface area contributed by atoms with Crippen molar-refractivity contribution in [3.8, 4) is 5.75 Å². The Hall–Kier alpha value is -1.60. The number of rotatable bonds is 3. The number of ether oxygens (including phenoxy) is 1. The molecule has 0 N–H and O–H groups in total. The van der Waals surface area contributed by atoms with E-state index in [4.69, 9.17) is 4.74 Å². The highest BCUT2D eigenvalue weighted by molar-refractivity contribution is 7.89. The average Bonchev–Trinajstić information content (AvgIpc) is 2.79. The van der Waals surface area contributed by atoms with Crippen LogP contribution in [0.15, 0.2) is 29.2 Å². The van der Waals surface area contributed by atoms with Gasteiger partial charge in [0.25, 0.3) is 0 Å². The lowest BCUT2D eigenvalue weighted by molar-refractivity contribution is -0.139. The molecule has 1 aliphatic heterocycles. The van der Waals surface area contributed by atoms with E-state index in [1.54, 1.807) is 36.3 Å². The van der Waals surface area contributed by atoms with Gasteiger partial charge in [0.15, 0.2) is 0 Å². The van der Waals surface area contributed by atoms with Gasteiger partial charge in [-0.2, -0.15) is 4.31 Å². The van der Waals surface area contributed by atoms with Crippen LogP contribution in [0.5, 0.6) is 5.75 Å². The van der Waals surface area contributed by atoms with E-state index in [0.717, 1.165) is 0 Å². The van der Waals surface area contributed by atoms with E-state index in [-0.39, 0.29) is 10.8 Å². The molecule has 1 fully saturated rings. The first kappa shape index (κ1) is 18.7. The average molecular weight is 354 g/mol. The number of amides is 1. The molecule has 1 aromatic carbocycles. The van der Waals surface area contributed by atoms with Crippen LogP contribution in [0.3, 0.4) is 0 Å². The largest absolute Gasteiger partial charge is 0.497 e. The molecule has 24 heavy (non-hydrogen) atoms. The minimum Gasteiger partial charge on any atom is -0.497 e. The molecular formula is C17H26N2O4S. The minimum atomic E-state index is -3.56. The van der Waals surface area contributed by atoms with Crippen LogP contribution < -0.4 is 4.74 Å². The summed E-state index contributed by atoms with van der Waals surface area (Å²) < 4.78 is 32.1. The summed E-state index contributed by atoms with van der Waals surface area (Å²) in [4.78, 5) is 14.4. The van der Waals surface area contributed by atoms with Gasteiger partial charge in [-0.25, -0.2) is 8.42 Å². The molecule has 1 saturated heterocycles. The van der Waals surface area contributed by atoms with E-state index in [2.05, 4.69) is 0 Å². The number of sulfonamides is 1. The van der Waals surface area contributed by atoms with Gasteiger partial charge in [-0.15, -0.1) is 0 Å². The van der Waals surface area contributed by atoms with Crippen LogP contribution >= 0.6 is 0 Å². The lowest BCUT2D eigenvalue weighted by atomic mass is 9.94. The highest BCUT2D eigenvalue weighted by Crippen LogP contribution is 2.23. The summed E-state index contributed by atoms with van der Waals surface area (Å²) in [5, 5.41) is 0. The molecule has 1 aromatic rings. The van der Waals surface area contributed by atoms with Gasteiger partial charge in [-0.05, 0) is 30.7 Å². The highest BCUT2D eigenvalue weighted by atomic mass is 32.2. The molecule has 1 amide bonds. The first-order chi connectivity index (χ1) is 11.2. The summed E-state index contributed by atoms with van der Waals surface area (Å²) in [5.74, 6) is 0.679. The predicted molar refractivity (Wildman–Crippen MR) is 92.4 cm³/mol. The van der Waals surface area contributed by atoms with Crippen LogP contribution in [-0.2, 0) is 14.8 Å². The highest BCUT2D eigenvalue weighted by Gasteiger charge is 2.31. The maximum absolute atomic E-state index is 12.8. The quantitative estimate of drug-likeness (QED) is 0.832. The van der Waals surface area contributed by atoms with E-state index < -0.39 is 15.4 Å². The number of hydrogen-bond donors (Lipinski definition) is 0. The molecule has 2 rings (SSSR count). The molecule has 0 unspecified atom stereocenters. The fraction of sp³-hybridized carbons (Fsp3) is 0.588. The predicted octanol–water partition coefficient (Wildman–Crippen LogP) is 1.96. The molecule has 6 nitrogen and oxygen atoms in total. The van der Waals surface area contributed by atoms with Gasteiger partial charge in [0.1, 0.15) is 5.75 Å². The second-order valence-corrected chi connectivity index (χ2v) is 8.91. The molecule has 7 heteroatoms. The van der Waals surface area contributed by atoms with Crippen molar-refractivity contribution in [2.24, 2.45) is 5.41 Å². The van der Waals surface area contributed by atoms with Crippen LogP contribution in [-0.4, -0.2) is 56.8 Å². The van der Waals surface area contributed by atoms with Crippen molar-refractivity contribution in [2.75, 3.05) is 33.3 Å². The molecule has 0 aromatic heterocycles. The van der Waals surface area contributed by atoms with Crippen LogP contribution in [0.2, 0.25) is 0 Å². The molecular weight excluding hydrogens is 328 g/mol. The third kappa shape index (κ3) is 4.08. The summed E-state index contributed by atoms with van der Waals surface area (Å²) in [6, 6.07) is 6.38. The smallest absolute Gasteiger partial charge is 0.243 e. The Kier molecular flexibility index (Phi) is 5.55. The number of methoxy groups -OCH3 is 1. The van der Waals surface area contributed by atoms with Crippen molar-refractivity contribution in [1.82, 2.24) is 9.21 Å². The van der Waals surface area contributed by atoms with Gasteiger partial charge < -0.3 is 9.64 Å². The van der Waals surface area contributed by atoms with Gasteiger partial charge >= 0.3 is 0 Å². The second-order valence-electron chi connectivity index (χ2n) is 6.98. The molecule has 1 aliphatic rings. The molecule has 0 saturated carbocycles. The Balaban J connectivity index is 2.13. The molecule has 134 valence electrons. The van der Waals surface area contributed by atoms with E-state index in [1.165, 1.54) is 4.31 Å². The summed E-state index contributed by atoms with van der Waals surface area (Å²) in [6.07, 6.45) is 0.636. The lowest BCUT2D eigenvalue weighted by Crippen LogP contribution is -2.42. The van der Waals surface area contributed by atoms with Gasteiger partial charge in [-0.3, -0.25) is 4.79 Å². The van der Waals surface area contributed by atoms with Crippen LogP contribution in [0.1, 0.15) is 27.2 Å². The molecule has 1 heterocycles.